The first-order valence-corrected chi connectivity index (χ1v) is 13.0. The summed E-state index contributed by atoms with van der Waals surface area (Å²) < 4.78 is 55.8. The Morgan fingerprint density at radius 3 is 2.69 bits per heavy atom. The predicted octanol–water partition coefficient (Wildman–Crippen LogP) is 7.24. The molecule has 7 rings (SSSR count). The Hall–Kier alpha value is -4.26. The fourth-order valence-electron chi connectivity index (χ4n) is 6.34. The summed E-state index contributed by atoms with van der Waals surface area (Å²) in [5, 5.41) is 3.37. The quantitative estimate of drug-likeness (QED) is 0.201. The number of hydrogen-bond donors (Lipinski definition) is 2. The number of fused-ring (bicyclic) bond motifs is 4. The minimum atomic E-state index is -0.805. The Bertz CT molecular complexity index is 1600. The number of rotatable bonds is 6. The molecule has 3 heterocycles. The van der Waals surface area contributed by atoms with Crippen molar-refractivity contribution in [2.75, 3.05) is 11.9 Å². The number of H-pyrrole nitrogens is 1. The first-order valence-electron chi connectivity index (χ1n) is 13.0. The van der Waals surface area contributed by atoms with Crippen molar-refractivity contribution in [2.24, 2.45) is 17.8 Å². The summed E-state index contributed by atoms with van der Waals surface area (Å²) in [6.07, 6.45) is 6.35. The summed E-state index contributed by atoms with van der Waals surface area (Å²) in [6.45, 7) is 9.87. The highest BCUT2D eigenvalue weighted by Gasteiger charge is 2.48. The molecule has 0 saturated heterocycles. The average Bonchev–Trinajstić information content (AvgIpc) is 3.61. The van der Waals surface area contributed by atoms with E-state index in [2.05, 4.69) is 20.1 Å². The molecular weight excluding hydrogens is 509 g/mol. The molecule has 3 aliphatic rings. The van der Waals surface area contributed by atoms with Crippen molar-refractivity contribution in [3.8, 4) is 22.6 Å². The Kier molecular flexibility index (Phi) is 6.29. The van der Waals surface area contributed by atoms with Crippen molar-refractivity contribution in [1.29, 1.82) is 0 Å². The average molecular weight is 535 g/mol. The van der Waals surface area contributed by atoms with E-state index in [1.54, 1.807) is 13.0 Å². The molecule has 3 fully saturated rings. The van der Waals surface area contributed by atoms with Crippen molar-refractivity contribution in [3.05, 3.63) is 65.6 Å². The van der Waals surface area contributed by atoms with Gasteiger partial charge in [-0.15, -0.1) is 0 Å². The highest BCUT2D eigenvalue weighted by Crippen LogP contribution is 2.49. The summed E-state index contributed by atoms with van der Waals surface area (Å²) in [5.41, 5.74) is 0.0186. The van der Waals surface area contributed by atoms with E-state index in [9.17, 15) is 13.6 Å². The number of ether oxygens (including phenoxy) is 1. The van der Waals surface area contributed by atoms with Gasteiger partial charge in [0.25, 0.3) is 0 Å². The van der Waals surface area contributed by atoms with Crippen LogP contribution in [-0.4, -0.2) is 28.6 Å². The van der Waals surface area contributed by atoms with Crippen molar-refractivity contribution in [3.63, 3.8) is 0 Å². The van der Waals surface area contributed by atoms with Crippen LogP contribution in [0.15, 0.2) is 41.1 Å². The van der Waals surface area contributed by atoms with Gasteiger partial charge >= 0.3 is 5.97 Å². The van der Waals surface area contributed by atoms with Crippen LogP contribution in [0.25, 0.3) is 38.3 Å². The molecule has 10 heteroatoms. The lowest BCUT2D eigenvalue weighted by molar-refractivity contribution is -0.154. The van der Waals surface area contributed by atoms with E-state index >= 15 is 4.39 Å². The molecule has 2 atom stereocenters. The van der Waals surface area contributed by atoms with E-state index in [0.29, 0.717) is 0 Å². The number of benzene rings is 1. The molecule has 2 N–H and O–H groups in total. The monoisotopic (exact) mass is 534 g/mol. The SMILES string of the molecule is [C-]#[N+]c1c(-c2c[nH]c3c(F)cc(F)cc23)nc(N[C@H]2C3CCC(CC3)[C@@H]2C(=O)OCC)c(F)c1-c1ccco1. The number of pyridine rings is 1. The van der Waals surface area contributed by atoms with Gasteiger partial charge < -0.3 is 19.5 Å². The Balaban J connectivity index is 1.54. The molecule has 3 saturated carbocycles. The van der Waals surface area contributed by atoms with Crippen molar-refractivity contribution >= 4 is 28.4 Å². The van der Waals surface area contributed by atoms with Crippen LogP contribution in [0.2, 0.25) is 0 Å². The standard InChI is InChI=1S/C29H25F3N4O3/c1-3-38-29(37)21-14-6-8-15(9-7-14)24(21)35-28-23(32)22(20-5-4-10-39-20)27(33-2)26(36-28)18-13-34-25-17(18)11-16(30)12-19(25)31/h4-5,10-15,21,24,34H,3,6-9H2,1H3,(H,35,36)/t14?,15?,21-,24-/m0/s1. The van der Waals surface area contributed by atoms with Gasteiger partial charge in [-0.05, 0) is 62.6 Å². The van der Waals surface area contributed by atoms with E-state index in [1.165, 1.54) is 18.5 Å². The number of anilines is 1. The van der Waals surface area contributed by atoms with Gasteiger partial charge in [0.1, 0.15) is 17.4 Å². The smallest absolute Gasteiger partial charge is 0.311 e. The fourth-order valence-corrected chi connectivity index (χ4v) is 6.34. The van der Waals surface area contributed by atoms with Crippen molar-refractivity contribution in [1.82, 2.24) is 9.97 Å². The van der Waals surface area contributed by atoms with Crippen LogP contribution in [0.1, 0.15) is 32.6 Å². The van der Waals surface area contributed by atoms with Crippen LogP contribution in [0.3, 0.4) is 0 Å². The third-order valence-electron chi connectivity index (χ3n) is 8.03. The number of hydrogen-bond acceptors (Lipinski definition) is 5. The lowest BCUT2D eigenvalue weighted by atomic mass is 9.61. The molecule has 39 heavy (non-hydrogen) atoms. The molecule has 0 spiro atoms. The number of carbonyl (C=O) groups excluding carboxylic acids is 1. The van der Waals surface area contributed by atoms with Crippen LogP contribution in [0.5, 0.6) is 0 Å². The number of aromatic nitrogens is 2. The third kappa shape index (κ3) is 4.13. The number of nitrogens with zero attached hydrogens (tertiary/aromatic N) is 2. The van der Waals surface area contributed by atoms with E-state index in [1.807, 2.05) is 0 Å². The number of aromatic amines is 1. The maximum atomic E-state index is 16.2. The second kappa shape index (κ2) is 9.80. The van der Waals surface area contributed by atoms with E-state index < -0.39 is 29.4 Å². The molecule has 4 aromatic rings. The van der Waals surface area contributed by atoms with Gasteiger partial charge in [-0.25, -0.2) is 23.0 Å². The Labute approximate surface area is 222 Å². The molecule has 3 aromatic heterocycles. The summed E-state index contributed by atoms with van der Waals surface area (Å²) in [4.78, 5) is 23.9. The predicted molar refractivity (Wildman–Crippen MR) is 138 cm³/mol. The summed E-state index contributed by atoms with van der Waals surface area (Å²) >= 11 is 0. The summed E-state index contributed by atoms with van der Waals surface area (Å²) in [6, 6.07) is 4.57. The molecular formula is C29H25F3N4O3. The molecule has 3 aliphatic carbocycles. The van der Waals surface area contributed by atoms with Crippen molar-refractivity contribution < 1.29 is 27.1 Å². The van der Waals surface area contributed by atoms with Gasteiger partial charge in [0.2, 0.25) is 5.69 Å². The molecule has 0 amide bonds. The van der Waals surface area contributed by atoms with Gasteiger partial charge in [0, 0.05) is 29.3 Å². The van der Waals surface area contributed by atoms with Crippen molar-refractivity contribution in [2.45, 2.75) is 38.6 Å². The normalized spacial score (nSPS) is 22.1. The zero-order valence-electron chi connectivity index (χ0n) is 21.1. The zero-order chi connectivity index (χ0) is 27.3. The fraction of sp³-hybridized carbons (Fsp3) is 0.345. The second-order valence-corrected chi connectivity index (χ2v) is 10.1. The third-order valence-corrected chi connectivity index (χ3v) is 8.03. The van der Waals surface area contributed by atoms with E-state index in [4.69, 9.17) is 15.7 Å². The van der Waals surface area contributed by atoms with E-state index in [-0.39, 0.29) is 69.4 Å². The lowest BCUT2D eigenvalue weighted by Gasteiger charge is -2.47. The maximum Gasteiger partial charge on any atom is 0.311 e. The maximum absolute atomic E-state index is 16.2. The lowest BCUT2D eigenvalue weighted by Crippen LogP contribution is -2.52. The number of halogens is 3. The van der Waals surface area contributed by atoms with Crippen LogP contribution in [0.4, 0.5) is 24.7 Å². The Morgan fingerprint density at radius 1 is 1.23 bits per heavy atom. The van der Waals surface area contributed by atoms with Gasteiger partial charge in [-0.3, -0.25) is 4.79 Å². The van der Waals surface area contributed by atoms with Gasteiger partial charge in [0.05, 0.1) is 42.1 Å². The molecule has 7 nitrogen and oxygen atoms in total. The van der Waals surface area contributed by atoms with Gasteiger partial charge in [-0.2, -0.15) is 0 Å². The highest BCUT2D eigenvalue weighted by atomic mass is 19.1. The molecule has 0 radical (unpaired) electrons. The highest BCUT2D eigenvalue weighted by molar-refractivity contribution is 6.01. The van der Waals surface area contributed by atoms with Crippen LogP contribution in [-0.2, 0) is 9.53 Å². The first kappa shape index (κ1) is 25.0. The van der Waals surface area contributed by atoms with Gasteiger partial charge in [0.15, 0.2) is 11.6 Å². The van der Waals surface area contributed by atoms with E-state index in [0.717, 1.165) is 37.8 Å². The molecule has 0 aliphatic heterocycles. The van der Waals surface area contributed by atoms with Crippen LogP contribution < -0.4 is 5.32 Å². The summed E-state index contributed by atoms with van der Waals surface area (Å²) in [5.74, 6) is -3.03. The van der Waals surface area contributed by atoms with Gasteiger partial charge in [-0.1, -0.05) is 0 Å². The Morgan fingerprint density at radius 2 is 2.00 bits per heavy atom. The largest absolute Gasteiger partial charge is 0.466 e. The van der Waals surface area contributed by atoms with Crippen LogP contribution >= 0.6 is 0 Å². The molecule has 1 aromatic carbocycles. The second-order valence-electron chi connectivity index (χ2n) is 10.1. The first-order chi connectivity index (χ1) is 18.9. The summed E-state index contributed by atoms with van der Waals surface area (Å²) in [7, 11) is 0. The number of furan rings is 1. The molecule has 0 unspecified atom stereocenters. The zero-order valence-corrected chi connectivity index (χ0v) is 21.1. The minimum Gasteiger partial charge on any atom is -0.466 e. The number of carbonyl (C=O) groups is 1. The molecule has 200 valence electrons. The topological polar surface area (TPSA) is 84.5 Å². The number of nitrogens with one attached hydrogen (secondary N) is 2. The molecule has 2 bridgehead atoms. The number of esters is 1. The minimum absolute atomic E-state index is 0.0326. The van der Waals surface area contributed by atoms with Crippen LogP contribution in [0, 0.1) is 41.8 Å².